The molecule has 0 saturated heterocycles. The van der Waals surface area contributed by atoms with Crippen LogP contribution in [0, 0.1) is 16.7 Å². The molecule has 0 spiro atoms. The average Bonchev–Trinajstić information content (AvgIpc) is 2.78. The van der Waals surface area contributed by atoms with Gasteiger partial charge in [0, 0.05) is 12.1 Å². The zero-order valence-electron chi connectivity index (χ0n) is 12.2. The number of fused-ring (bicyclic) bond motifs is 2. The van der Waals surface area contributed by atoms with Crippen LogP contribution in [-0.4, -0.2) is 23.3 Å². The summed E-state index contributed by atoms with van der Waals surface area (Å²) < 4.78 is 0. The first-order valence-corrected chi connectivity index (χ1v) is 7.88. The fourth-order valence-corrected chi connectivity index (χ4v) is 5.24. The highest BCUT2D eigenvalue weighted by Gasteiger charge is 2.59. The maximum absolute atomic E-state index is 10.2. The molecule has 2 nitrogen and oxygen atoms in total. The van der Waals surface area contributed by atoms with Gasteiger partial charge in [0.15, 0.2) is 0 Å². The largest absolute Gasteiger partial charge is 0.392 e. The third kappa shape index (κ3) is 1.84. The lowest BCUT2D eigenvalue weighted by Crippen LogP contribution is -2.57. The summed E-state index contributed by atoms with van der Waals surface area (Å²) in [4.78, 5) is 0. The van der Waals surface area contributed by atoms with Gasteiger partial charge in [-0.1, -0.05) is 33.6 Å². The molecule has 2 N–H and O–H groups in total. The van der Waals surface area contributed by atoms with Crippen molar-refractivity contribution in [3.05, 3.63) is 0 Å². The third-order valence-corrected chi connectivity index (χ3v) is 6.38. The number of nitrogens with one attached hydrogen (secondary N) is 1. The number of hydrogen-bond donors (Lipinski definition) is 2. The summed E-state index contributed by atoms with van der Waals surface area (Å²) in [5.74, 6) is 0.890. The predicted octanol–water partition coefficient (Wildman–Crippen LogP) is 3.09. The second-order valence-electron chi connectivity index (χ2n) is 7.97. The van der Waals surface area contributed by atoms with Crippen LogP contribution in [0.2, 0.25) is 0 Å². The smallest absolute Gasteiger partial charge is 0.0693 e. The Kier molecular flexibility index (Phi) is 3.02. The van der Waals surface area contributed by atoms with Crippen molar-refractivity contribution in [3.63, 3.8) is 0 Å². The van der Waals surface area contributed by atoms with Gasteiger partial charge in [-0.3, -0.25) is 0 Å². The minimum absolute atomic E-state index is 0.114. The standard InChI is InChI=1S/C16H29NO/c1-15(2)11-8-9-16(3,10-11)14(15)17-12-6-4-5-7-13(12)18/h11-14,17-18H,4-10H2,1-3H3. The van der Waals surface area contributed by atoms with E-state index in [1.54, 1.807) is 0 Å². The molecule has 5 unspecified atom stereocenters. The molecule has 3 aliphatic rings. The minimum atomic E-state index is -0.114. The van der Waals surface area contributed by atoms with Gasteiger partial charge in [-0.2, -0.15) is 0 Å². The second kappa shape index (κ2) is 4.21. The van der Waals surface area contributed by atoms with Crippen LogP contribution in [0.25, 0.3) is 0 Å². The Morgan fingerprint density at radius 1 is 1.06 bits per heavy atom. The summed E-state index contributed by atoms with van der Waals surface area (Å²) in [6.45, 7) is 7.35. The normalized spacial score (nSPS) is 50.7. The fourth-order valence-electron chi connectivity index (χ4n) is 5.24. The van der Waals surface area contributed by atoms with Crippen LogP contribution >= 0.6 is 0 Å². The van der Waals surface area contributed by atoms with Crippen LogP contribution in [0.1, 0.15) is 65.7 Å². The Bertz CT molecular complexity index is 322. The lowest BCUT2D eigenvalue weighted by Gasteiger charge is -2.46. The summed E-state index contributed by atoms with van der Waals surface area (Å²) >= 11 is 0. The summed E-state index contributed by atoms with van der Waals surface area (Å²) in [5.41, 5.74) is 0.884. The van der Waals surface area contributed by atoms with E-state index in [1.165, 1.54) is 32.1 Å². The molecule has 104 valence electrons. The van der Waals surface area contributed by atoms with Crippen LogP contribution in [0.3, 0.4) is 0 Å². The molecule has 3 fully saturated rings. The number of rotatable bonds is 2. The van der Waals surface area contributed by atoms with Gasteiger partial charge in [-0.15, -0.1) is 0 Å². The molecule has 3 saturated carbocycles. The minimum Gasteiger partial charge on any atom is -0.392 e. The number of aliphatic hydroxyl groups is 1. The molecule has 0 aromatic rings. The van der Waals surface area contributed by atoms with E-state index in [-0.39, 0.29) is 6.10 Å². The topological polar surface area (TPSA) is 32.3 Å². The van der Waals surface area contributed by atoms with Crippen molar-refractivity contribution in [2.24, 2.45) is 16.7 Å². The van der Waals surface area contributed by atoms with Gasteiger partial charge >= 0.3 is 0 Å². The molecule has 0 aromatic heterocycles. The van der Waals surface area contributed by atoms with Gasteiger partial charge in [0.05, 0.1) is 6.10 Å². The first-order chi connectivity index (χ1) is 8.43. The first kappa shape index (κ1) is 12.9. The van der Waals surface area contributed by atoms with E-state index in [0.717, 1.165) is 18.8 Å². The van der Waals surface area contributed by atoms with Crippen LogP contribution in [0.15, 0.2) is 0 Å². The second-order valence-corrected chi connectivity index (χ2v) is 7.97. The molecule has 3 aliphatic carbocycles. The fraction of sp³-hybridized carbons (Fsp3) is 1.00. The molecule has 0 aliphatic heterocycles. The summed E-state index contributed by atoms with van der Waals surface area (Å²) in [7, 11) is 0. The van der Waals surface area contributed by atoms with E-state index in [2.05, 4.69) is 26.1 Å². The quantitative estimate of drug-likeness (QED) is 0.790. The molecule has 0 heterocycles. The molecule has 18 heavy (non-hydrogen) atoms. The molecule has 3 rings (SSSR count). The molecular weight excluding hydrogens is 222 g/mol. The van der Waals surface area contributed by atoms with E-state index < -0.39 is 0 Å². The number of hydrogen-bond acceptors (Lipinski definition) is 2. The van der Waals surface area contributed by atoms with Crippen LogP contribution in [0.5, 0.6) is 0 Å². The summed E-state index contributed by atoms with van der Waals surface area (Å²) in [6.07, 6.45) is 8.70. The Morgan fingerprint density at radius 3 is 2.39 bits per heavy atom. The van der Waals surface area contributed by atoms with Gasteiger partial charge in [0.1, 0.15) is 0 Å². The molecular formula is C16H29NO. The Balaban J connectivity index is 1.75. The van der Waals surface area contributed by atoms with Gasteiger partial charge in [0.25, 0.3) is 0 Å². The molecule has 2 heteroatoms. The summed E-state index contributed by atoms with van der Waals surface area (Å²) in [6, 6.07) is 0.945. The highest BCUT2D eigenvalue weighted by molar-refractivity contribution is 5.12. The average molecular weight is 251 g/mol. The van der Waals surface area contributed by atoms with Crippen molar-refractivity contribution < 1.29 is 5.11 Å². The van der Waals surface area contributed by atoms with Gasteiger partial charge < -0.3 is 10.4 Å². The van der Waals surface area contributed by atoms with Gasteiger partial charge in [-0.05, 0) is 48.9 Å². The summed E-state index contributed by atoms with van der Waals surface area (Å²) in [5, 5.41) is 14.1. The molecule has 0 amide bonds. The first-order valence-electron chi connectivity index (χ1n) is 7.88. The Hall–Kier alpha value is -0.0800. The lowest BCUT2D eigenvalue weighted by atomic mass is 9.68. The molecule has 5 atom stereocenters. The third-order valence-electron chi connectivity index (χ3n) is 6.38. The maximum atomic E-state index is 10.2. The van der Waals surface area contributed by atoms with Crippen molar-refractivity contribution in [3.8, 4) is 0 Å². The number of aliphatic hydroxyl groups excluding tert-OH is 1. The van der Waals surface area contributed by atoms with Crippen LogP contribution in [0.4, 0.5) is 0 Å². The monoisotopic (exact) mass is 251 g/mol. The van der Waals surface area contributed by atoms with E-state index in [0.29, 0.717) is 22.9 Å². The molecule has 2 bridgehead atoms. The van der Waals surface area contributed by atoms with E-state index in [4.69, 9.17) is 0 Å². The van der Waals surface area contributed by atoms with Crippen LogP contribution < -0.4 is 5.32 Å². The predicted molar refractivity (Wildman–Crippen MR) is 74.4 cm³/mol. The van der Waals surface area contributed by atoms with Crippen molar-refractivity contribution in [2.75, 3.05) is 0 Å². The highest BCUT2D eigenvalue weighted by Crippen LogP contribution is 2.62. The molecule has 0 aromatic carbocycles. The van der Waals surface area contributed by atoms with Gasteiger partial charge in [0.2, 0.25) is 0 Å². The Labute approximate surface area is 112 Å². The lowest BCUT2D eigenvalue weighted by molar-refractivity contribution is 0.0405. The van der Waals surface area contributed by atoms with Crippen molar-refractivity contribution in [1.29, 1.82) is 0 Å². The SMILES string of the molecule is CC12CCC(C1)C(C)(C)C2NC1CCCCC1O. The molecule has 0 radical (unpaired) electrons. The van der Waals surface area contributed by atoms with Crippen molar-refractivity contribution in [1.82, 2.24) is 5.32 Å². The van der Waals surface area contributed by atoms with Crippen LogP contribution in [-0.2, 0) is 0 Å². The zero-order chi connectivity index (χ0) is 13.0. The zero-order valence-corrected chi connectivity index (χ0v) is 12.2. The van der Waals surface area contributed by atoms with E-state index in [1.807, 2.05) is 0 Å². The van der Waals surface area contributed by atoms with Crippen molar-refractivity contribution >= 4 is 0 Å². The van der Waals surface area contributed by atoms with E-state index in [9.17, 15) is 5.11 Å². The van der Waals surface area contributed by atoms with E-state index >= 15 is 0 Å². The maximum Gasteiger partial charge on any atom is 0.0693 e. The van der Waals surface area contributed by atoms with Crippen molar-refractivity contribution in [2.45, 2.75) is 83.9 Å². The van der Waals surface area contributed by atoms with Gasteiger partial charge in [-0.25, -0.2) is 0 Å². The Morgan fingerprint density at radius 2 is 1.78 bits per heavy atom. The highest BCUT2D eigenvalue weighted by atomic mass is 16.3.